The number of nitrogens with zero attached hydrogens (tertiary/aromatic N) is 1. The van der Waals surface area contributed by atoms with Gasteiger partial charge in [0, 0.05) is 0 Å². The van der Waals surface area contributed by atoms with Crippen LogP contribution in [0.1, 0.15) is 121 Å². The van der Waals surface area contributed by atoms with Gasteiger partial charge in [0.05, 0.1) is 39.9 Å². The first-order valence-electron chi connectivity index (χ1n) is 13.8. The molecule has 0 fully saturated rings. The van der Waals surface area contributed by atoms with Crippen molar-refractivity contribution in [1.82, 2.24) is 0 Å². The summed E-state index contributed by atoms with van der Waals surface area (Å²) in [6.45, 7) is 5.74. The van der Waals surface area contributed by atoms with Crippen LogP contribution in [0.3, 0.4) is 0 Å². The van der Waals surface area contributed by atoms with Gasteiger partial charge in [0.1, 0.15) is 0 Å². The Morgan fingerprint density at radius 2 is 1.08 bits per heavy atom. The molecular weight excluding hydrogens is 522 g/mol. The third kappa shape index (κ3) is 20.7. The number of halogens is 1. The highest BCUT2D eigenvalue weighted by Crippen LogP contribution is 2.35. The Morgan fingerprint density at radius 3 is 1.44 bits per heavy atom. The number of carbonyl (C=O) groups is 1. The van der Waals surface area contributed by atoms with Crippen molar-refractivity contribution < 1.29 is 46.3 Å². The van der Waals surface area contributed by atoms with Gasteiger partial charge in [-0.3, -0.25) is 0 Å². The van der Waals surface area contributed by atoms with Gasteiger partial charge in [-0.25, -0.2) is 4.79 Å². The summed E-state index contributed by atoms with van der Waals surface area (Å²) in [7, 11) is 6.88. The van der Waals surface area contributed by atoms with Crippen molar-refractivity contribution in [3.8, 4) is 17.2 Å². The van der Waals surface area contributed by atoms with Crippen molar-refractivity contribution in [1.29, 1.82) is 0 Å². The van der Waals surface area contributed by atoms with E-state index < -0.39 is 23.2 Å². The van der Waals surface area contributed by atoms with E-state index >= 15 is 0 Å². The number of hydrogen-bond acceptors (Lipinski definition) is 5. The van der Waals surface area contributed by atoms with E-state index in [4.69, 9.17) is 20.1 Å². The van der Waals surface area contributed by atoms with Gasteiger partial charge in [-0.2, -0.15) is 0 Å². The van der Waals surface area contributed by atoms with Gasteiger partial charge in [0.15, 0.2) is 17.2 Å². The SMILES string of the molecule is CCCCCCCCCCCCCCCC[N+](C)(C)C.CCCOC(=O)c1cc(O)c(O)c(O)c1.[Br-]. The molecule has 0 aliphatic heterocycles. The molecule has 0 amide bonds. The molecule has 0 aliphatic carbocycles. The number of aromatic hydroxyl groups is 3. The lowest BCUT2D eigenvalue weighted by atomic mass is 10.0. The molecule has 36 heavy (non-hydrogen) atoms. The minimum atomic E-state index is -0.651. The number of unbranched alkanes of at least 4 members (excludes halogenated alkanes) is 13. The zero-order valence-corrected chi connectivity index (χ0v) is 25.2. The summed E-state index contributed by atoms with van der Waals surface area (Å²) in [4.78, 5) is 11.3. The molecule has 0 unspecified atom stereocenters. The van der Waals surface area contributed by atoms with Crippen molar-refractivity contribution in [3.63, 3.8) is 0 Å². The highest BCUT2D eigenvalue weighted by atomic mass is 79.9. The second-order valence-electron chi connectivity index (χ2n) is 10.6. The van der Waals surface area contributed by atoms with Crippen LogP contribution in [0.4, 0.5) is 0 Å². The number of phenols is 3. The van der Waals surface area contributed by atoms with Crippen molar-refractivity contribution in [2.45, 2.75) is 110 Å². The van der Waals surface area contributed by atoms with Crippen molar-refractivity contribution in [2.24, 2.45) is 0 Å². The molecule has 0 aliphatic rings. The standard InChI is InChI=1S/C19H42N.C10H12O5.BrH/c1-5-6-7-8-9-10-11-12-13-14-15-16-17-18-19-20(2,3)4;1-2-3-15-10(14)6-4-7(11)9(13)8(12)5-6;/h5-19H2,1-4H3;4-5,11-13H,2-3H2,1H3;1H/q+1;;/p-1. The largest absolute Gasteiger partial charge is 1.00 e. The van der Waals surface area contributed by atoms with Crippen LogP contribution < -0.4 is 17.0 Å². The minimum Gasteiger partial charge on any atom is -1.00 e. The Balaban J connectivity index is 0. The van der Waals surface area contributed by atoms with Crippen LogP contribution in [-0.2, 0) is 4.74 Å². The molecule has 1 rings (SSSR count). The van der Waals surface area contributed by atoms with E-state index in [9.17, 15) is 4.79 Å². The predicted octanol–water partition coefficient (Wildman–Crippen LogP) is 4.55. The Kier molecular flexibility index (Phi) is 23.1. The van der Waals surface area contributed by atoms with Gasteiger partial charge < -0.3 is 41.5 Å². The molecule has 0 saturated carbocycles. The minimum absolute atomic E-state index is 0. The number of esters is 1. The molecule has 0 radical (unpaired) electrons. The molecular formula is C29H54BrNO5. The summed E-state index contributed by atoms with van der Waals surface area (Å²) in [5, 5.41) is 27.3. The first-order chi connectivity index (χ1) is 16.6. The van der Waals surface area contributed by atoms with Gasteiger partial charge in [-0.1, -0.05) is 90.9 Å². The lowest BCUT2D eigenvalue weighted by molar-refractivity contribution is -0.870. The number of carbonyl (C=O) groups excluding carboxylic acids is 1. The maximum atomic E-state index is 11.3. The third-order valence-electron chi connectivity index (χ3n) is 5.93. The molecule has 1 aromatic carbocycles. The Hall–Kier alpha value is -1.47. The fourth-order valence-corrected chi connectivity index (χ4v) is 3.78. The average molecular weight is 577 g/mol. The number of ether oxygens (including phenoxy) is 1. The van der Waals surface area contributed by atoms with Gasteiger partial charge in [-0.15, -0.1) is 0 Å². The van der Waals surface area contributed by atoms with E-state index in [-0.39, 0.29) is 29.2 Å². The molecule has 212 valence electrons. The first-order valence-corrected chi connectivity index (χ1v) is 13.8. The fourth-order valence-electron chi connectivity index (χ4n) is 3.78. The van der Waals surface area contributed by atoms with E-state index in [0.717, 1.165) is 16.6 Å². The lowest BCUT2D eigenvalue weighted by Crippen LogP contribution is -3.00. The molecule has 0 atom stereocenters. The molecule has 0 bridgehead atoms. The number of hydrogen-bond donors (Lipinski definition) is 3. The number of benzene rings is 1. The molecule has 6 nitrogen and oxygen atoms in total. The zero-order valence-electron chi connectivity index (χ0n) is 23.7. The number of quaternary nitrogens is 1. The van der Waals surface area contributed by atoms with Gasteiger partial charge in [0.2, 0.25) is 0 Å². The summed E-state index contributed by atoms with van der Waals surface area (Å²) in [5.74, 6) is -2.42. The second-order valence-corrected chi connectivity index (χ2v) is 10.6. The van der Waals surface area contributed by atoms with Crippen LogP contribution in [0.25, 0.3) is 0 Å². The molecule has 0 aromatic heterocycles. The average Bonchev–Trinajstić information content (AvgIpc) is 2.80. The highest BCUT2D eigenvalue weighted by Gasteiger charge is 2.14. The molecule has 0 spiro atoms. The normalized spacial score (nSPS) is 10.8. The summed E-state index contributed by atoms with van der Waals surface area (Å²) in [6, 6.07) is 2.07. The predicted molar refractivity (Wildman–Crippen MR) is 145 cm³/mol. The molecule has 1 aromatic rings. The summed E-state index contributed by atoms with van der Waals surface area (Å²) < 4.78 is 5.91. The third-order valence-corrected chi connectivity index (χ3v) is 5.93. The second kappa shape index (κ2) is 22.7. The maximum Gasteiger partial charge on any atom is 0.338 e. The number of rotatable bonds is 18. The van der Waals surface area contributed by atoms with Crippen LogP contribution in [0.2, 0.25) is 0 Å². The summed E-state index contributed by atoms with van der Waals surface area (Å²) >= 11 is 0. The molecule has 3 N–H and O–H groups in total. The van der Waals surface area contributed by atoms with E-state index in [2.05, 4.69) is 28.1 Å². The zero-order chi connectivity index (χ0) is 26.5. The van der Waals surface area contributed by atoms with Gasteiger partial charge >= 0.3 is 5.97 Å². The highest BCUT2D eigenvalue weighted by molar-refractivity contribution is 5.91. The van der Waals surface area contributed by atoms with Crippen molar-refractivity contribution in [2.75, 3.05) is 34.3 Å². The van der Waals surface area contributed by atoms with Crippen molar-refractivity contribution >= 4 is 5.97 Å². The lowest BCUT2D eigenvalue weighted by Gasteiger charge is -2.23. The monoisotopic (exact) mass is 575 g/mol. The van der Waals surface area contributed by atoms with Crippen LogP contribution in [-0.4, -0.2) is 60.1 Å². The first kappa shape index (κ1) is 36.7. The Morgan fingerprint density at radius 1 is 0.694 bits per heavy atom. The summed E-state index contributed by atoms with van der Waals surface area (Å²) in [6.07, 6.45) is 21.1. The van der Waals surface area contributed by atoms with Crippen LogP contribution >= 0.6 is 0 Å². The topological polar surface area (TPSA) is 87.0 Å². The Labute approximate surface area is 231 Å². The van der Waals surface area contributed by atoms with E-state index in [1.54, 1.807) is 0 Å². The quantitative estimate of drug-likeness (QED) is 0.103. The van der Waals surface area contributed by atoms with E-state index in [0.29, 0.717) is 6.42 Å². The smallest absolute Gasteiger partial charge is 0.338 e. The Bertz CT molecular complexity index is 653. The van der Waals surface area contributed by atoms with Crippen LogP contribution in [0, 0.1) is 0 Å². The van der Waals surface area contributed by atoms with E-state index in [1.165, 1.54) is 96.4 Å². The molecule has 0 heterocycles. The summed E-state index contributed by atoms with van der Waals surface area (Å²) in [5.41, 5.74) is -0.00347. The molecule has 7 heteroatoms. The van der Waals surface area contributed by atoms with Crippen LogP contribution in [0.5, 0.6) is 17.2 Å². The fraction of sp³-hybridized carbons (Fsp3) is 0.759. The van der Waals surface area contributed by atoms with Gasteiger partial charge in [-0.05, 0) is 31.4 Å². The van der Waals surface area contributed by atoms with Crippen LogP contribution in [0.15, 0.2) is 12.1 Å². The van der Waals surface area contributed by atoms with Gasteiger partial charge in [0.25, 0.3) is 0 Å². The van der Waals surface area contributed by atoms with E-state index in [1.807, 2.05) is 6.92 Å². The molecule has 0 saturated heterocycles. The maximum absolute atomic E-state index is 11.3. The number of phenolic OH excluding ortho intramolecular Hbond substituents is 3. The van der Waals surface area contributed by atoms with Crippen molar-refractivity contribution in [3.05, 3.63) is 17.7 Å².